The minimum Gasteiger partial charge on any atom is -0.301 e. The number of aryl methyl sites for hydroxylation is 3. The summed E-state index contributed by atoms with van der Waals surface area (Å²) in [5.74, 6) is 0.0208. The average Bonchev–Trinajstić information content (AvgIpc) is 2.89. The quantitative estimate of drug-likeness (QED) is 0.801. The number of carbonyl (C=O) groups is 1. The molecular weight excluding hydrogens is 380 g/mol. The van der Waals surface area contributed by atoms with Crippen molar-refractivity contribution in [3.8, 4) is 11.3 Å². The molecule has 1 aromatic heterocycles. The molecule has 1 amide bonds. The van der Waals surface area contributed by atoms with Crippen LogP contribution in [0.4, 0.5) is 5.13 Å². The monoisotopic (exact) mass is 414 g/mol. The van der Waals surface area contributed by atoms with Gasteiger partial charge in [0.25, 0.3) is 0 Å². The Bertz CT molecular complexity index is 845. The first-order chi connectivity index (χ1) is 13.6. The van der Waals surface area contributed by atoms with E-state index in [-0.39, 0.29) is 11.4 Å². The van der Waals surface area contributed by atoms with E-state index in [4.69, 9.17) is 0 Å². The number of anilines is 1. The lowest BCUT2D eigenvalue weighted by molar-refractivity contribution is -0.117. The van der Waals surface area contributed by atoms with Crippen molar-refractivity contribution in [1.29, 1.82) is 0 Å². The van der Waals surface area contributed by atoms with Gasteiger partial charge in [0.15, 0.2) is 5.13 Å². The highest BCUT2D eigenvalue weighted by Gasteiger charge is 2.25. The minimum absolute atomic E-state index is 0.0208. The largest absolute Gasteiger partial charge is 0.301 e. The minimum atomic E-state index is 0.0208. The molecule has 2 heterocycles. The molecule has 6 heteroatoms. The lowest BCUT2D eigenvalue weighted by Crippen LogP contribution is -2.44. The van der Waals surface area contributed by atoms with Crippen molar-refractivity contribution < 1.29 is 4.79 Å². The molecule has 0 atom stereocenters. The smallest absolute Gasteiger partial charge is 0.240 e. The van der Waals surface area contributed by atoms with E-state index in [1.165, 1.54) is 33.6 Å². The molecule has 1 N–H and O–H groups in total. The number of nitrogens with one attached hydrogen (secondary N) is 1. The maximum Gasteiger partial charge on any atom is 0.240 e. The Hall–Kier alpha value is -1.76. The summed E-state index contributed by atoms with van der Waals surface area (Å²) in [5, 5.41) is 5.72. The third-order valence-electron chi connectivity index (χ3n) is 5.59. The molecule has 0 unspecified atom stereocenters. The second-order valence-corrected chi connectivity index (χ2v) is 10.0. The molecule has 1 saturated heterocycles. The second-order valence-electron chi connectivity index (χ2n) is 9.15. The fourth-order valence-electron chi connectivity index (χ4n) is 4.19. The molecule has 2 aromatic rings. The van der Waals surface area contributed by atoms with Crippen molar-refractivity contribution in [1.82, 2.24) is 14.8 Å². The fourth-order valence-corrected chi connectivity index (χ4v) is 4.91. The molecule has 5 nitrogen and oxygen atoms in total. The Balaban J connectivity index is 1.60. The van der Waals surface area contributed by atoms with Crippen LogP contribution in [0.1, 0.15) is 43.9 Å². The van der Waals surface area contributed by atoms with Gasteiger partial charge in [0.2, 0.25) is 5.91 Å². The topological polar surface area (TPSA) is 48.5 Å². The van der Waals surface area contributed by atoms with Crippen molar-refractivity contribution >= 4 is 22.4 Å². The van der Waals surface area contributed by atoms with Gasteiger partial charge in [0.1, 0.15) is 0 Å². The number of carbonyl (C=O) groups excluding carboxylic acids is 1. The summed E-state index contributed by atoms with van der Waals surface area (Å²) in [6, 6.07) is 4.36. The molecule has 0 bridgehead atoms. The summed E-state index contributed by atoms with van der Waals surface area (Å²) in [7, 11) is 0. The Labute approximate surface area is 179 Å². The number of rotatable bonds is 4. The molecule has 1 aromatic carbocycles. The molecule has 0 spiro atoms. The van der Waals surface area contributed by atoms with Crippen molar-refractivity contribution in [2.24, 2.45) is 0 Å². The molecule has 1 fully saturated rings. The Morgan fingerprint density at radius 1 is 1.10 bits per heavy atom. The van der Waals surface area contributed by atoms with E-state index in [2.05, 4.69) is 73.8 Å². The molecule has 3 rings (SSSR count). The molecule has 158 valence electrons. The van der Waals surface area contributed by atoms with Gasteiger partial charge in [0.05, 0.1) is 12.2 Å². The summed E-state index contributed by atoms with van der Waals surface area (Å²) < 4.78 is 0. The highest BCUT2D eigenvalue weighted by Crippen LogP contribution is 2.31. The van der Waals surface area contributed by atoms with E-state index in [1.54, 1.807) is 0 Å². The van der Waals surface area contributed by atoms with Crippen LogP contribution in [-0.2, 0) is 4.79 Å². The van der Waals surface area contributed by atoms with Crippen LogP contribution in [0.25, 0.3) is 11.3 Å². The second kappa shape index (κ2) is 8.94. The van der Waals surface area contributed by atoms with E-state index in [1.807, 2.05) is 5.38 Å². The molecule has 1 aliphatic heterocycles. The Morgan fingerprint density at radius 3 is 2.45 bits per heavy atom. The first kappa shape index (κ1) is 21.9. The summed E-state index contributed by atoms with van der Waals surface area (Å²) in [6.45, 7) is 17.5. The zero-order valence-corrected chi connectivity index (χ0v) is 19.4. The zero-order valence-electron chi connectivity index (χ0n) is 18.6. The van der Waals surface area contributed by atoms with Gasteiger partial charge in [-0.15, -0.1) is 11.3 Å². The molecular formula is C23H34N4OS. The van der Waals surface area contributed by atoms with Crippen molar-refractivity contribution in [2.45, 2.75) is 53.5 Å². The van der Waals surface area contributed by atoms with E-state index < -0.39 is 0 Å². The first-order valence-electron chi connectivity index (χ1n) is 10.4. The molecule has 0 aliphatic carbocycles. The number of benzene rings is 1. The van der Waals surface area contributed by atoms with Gasteiger partial charge in [-0.3, -0.25) is 14.6 Å². The van der Waals surface area contributed by atoms with Gasteiger partial charge in [0, 0.05) is 29.6 Å². The molecule has 1 aliphatic rings. The van der Waals surface area contributed by atoms with Gasteiger partial charge in [-0.1, -0.05) is 17.7 Å². The van der Waals surface area contributed by atoms with Crippen LogP contribution >= 0.6 is 11.3 Å². The standard InChI is InChI=1S/C23H34N4OS/c1-16-12-17(2)21(18(3)13-16)19-15-29-22(24-19)25-20(28)14-26-8-7-9-27(11-10-26)23(4,5)6/h12-13,15H,7-11,14H2,1-6H3,(H,24,25,28). The number of amides is 1. The maximum absolute atomic E-state index is 12.6. The lowest BCUT2D eigenvalue weighted by Gasteiger charge is -2.34. The van der Waals surface area contributed by atoms with E-state index in [0.29, 0.717) is 11.7 Å². The van der Waals surface area contributed by atoms with Crippen molar-refractivity contribution in [2.75, 3.05) is 38.0 Å². The summed E-state index contributed by atoms with van der Waals surface area (Å²) in [5.41, 5.74) is 5.99. The van der Waals surface area contributed by atoms with E-state index >= 15 is 0 Å². The summed E-state index contributed by atoms with van der Waals surface area (Å²) >= 11 is 1.49. The van der Waals surface area contributed by atoms with Crippen molar-refractivity contribution in [3.63, 3.8) is 0 Å². The third kappa shape index (κ3) is 5.65. The normalized spacial score (nSPS) is 16.6. The van der Waals surface area contributed by atoms with Gasteiger partial charge in [-0.25, -0.2) is 4.98 Å². The van der Waals surface area contributed by atoms with Crippen LogP contribution in [0.2, 0.25) is 0 Å². The number of hydrogen-bond donors (Lipinski definition) is 1. The van der Waals surface area contributed by atoms with Crippen LogP contribution in [-0.4, -0.2) is 59.0 Å². The van der Waals surface area contributed by atoms with Crippen LogP contribution in [0, 0.1) is 20.8 Å². The number of aromatic nitrogens is 1. The number of thiazole rings is 1. The number of hydrogen-bond acceptors (Lipinski definition) is 5. The molecule has 0 radical (unpaired) electrons. The first-order valence-corrected chi connectivity index (χ1v) is 11.3. The van der Waals surface area contributed by atoms with Crippen molar-refractivity contribution in [3.05, 3.63) is 34.2 Å². The highest BCUT2D eigenvalue weighted by molar-refractivity contribution is 7.14. The number of nitrogens with zero attached hydrogens (tertiary/aromatic N) is 3. The predicted octanol–water partition coefficient (Wildman–Crippen LogP) is 4.48. The summed E-state index contributed by atoms with van der Waals surface area (Å²) in [4.78, 5) is 22.0. The Morgan fingerprint density at radius 2 is 1.79 bits per heavy atom. The van der Waals surface area contributed by atoms with E-state index in [0.717, 1.165) is 38.3 Å². The summed E-state index contributed by atoms with van der Waals surface area (Å²) in [6.07, 6.45) is 1.10. The van der Waals surface area contributed by atoms with Crippen LogP contribution < -0.4 is 5.32 Å². The average molecular weight is 415 g/mol. The van der Waals surface area contributed by atoms with Crippen LogP contribution in [0.5, 0.6) is 0 Å². The highest BCUT2D eigenvalue weighted by atomic mass is 32.1. The third-order valence-corrected chi connectivity index (χ3v) is 6.35. The van der Waals surface area contributed by atoms with Gasteiger partial charge >= 0.3 is 0 Å². The van der Waals surface area contributed by atoms with E-state index in [9.17, 15) is 4.79 Å². The maximum atomic E-state index is 12.6. The SMILES string of the molecule is Cc1cc(C)c(-c2csc(NC(=O)CN3CCCN(C(C)(C)C)CC3)n2)c(C)c1. The van der Waals surface area contributed by atoms with Gasteiger partial charge in [-0.05, 0) is 72.2 Å². The molecule has 0 saturated carbocycles. The van der Waals surface area contributed by atoms with Gasteiger partial charge in [-0.2, -0.15) is 0 Å². The lowest BCUT2D eigenvalue weighted by atomic mass is 9.98. The predicted molar refractivity (Wildman–Crippen MR) is 123 cm³/mol. The molecule has 29 heavy (non-hydrogen) atoms. The van der Waals surface area contributed by atoms with Gasteiger partial charge < -0.3 is 5.32 Å². The fraction of sp³-hybridized carbons (Fsp3) is 0.565. The zero-order chi connectivity index (χ0) is 21.2. The Kier molecular flexibility index (Phi) is 6.76. The van der Waals surface area contributed by atoms with Crippen LogP contribution in [0.15, 0.2) is 17.5 Å². The van der Waals surface area contributed by atoms with Crippen LogP contribution in [0.3, 0.4) is 0 Å².